The minimum Gasteiger partial charge on any atom is -0.392 e. The molecule has 82 valence electrons. The zero-order valence-corrected chi connectivity index (χ0v) is 9.26. The molecule has 1 aliphatic carbocycles. The molecule has 1 heterocycles. The highest BCUT2D eigenvalue weighted by molar-refractivity contribution is 7.89. The van der Waals surface area contributed by atoms with E-state index in [9.17, 15) is 13.5 Å². The lowest BCUT2D eigenvalue weighted by Gasteiger charge is -2.18. The predicted octanol–water partition coefficient (Wildman–Crippen LogP) is 0.183. The predicted molar refractivity (Wildman–Crippen MR) is 53.3 cm³/mol. The second-order valence-electron chi connectivity index (χ2n) is 4.87. The molecule has 0 bridgehead atoms. The number of nitrogens with zero attached hydrogens (tertiary/aromatic N) is 1. The molecule has 14 heavy (non-hydrogen) atoms. The van der Waals surface area contributed by atoms with E-state index in [2.05, 4.69) is 0 Å². The fourth-order valence-corrected chi connectivity index (χ4v) is 3.99. The first-order valence-electron chi connectivity index (χ1n) is 5.07. The second-order valence-corrected chi connectivity index (χ2v) is 6.84. The van der Waals surface area contributed by atoms with Crippen LogP contribution in [0.4, 0.5) is 0 Å². The first kappa shape index (κ1) is 10.4. The Balaban J connectivity index is 2.01. The van der Waals surface area contributed by atoms with Crippen LogP contribution in [0.1, 0.15) is 26.2 Å². The highest BCUT2D eigenvalue weighted by Crippen LogP contribution is 2.46. The third-order valence-electron chi connectivity index (χ3n) is 3.15. The van der Waals surface area contributed by atoms with Crippen molar-refractivity contribution in [3.8, 4) is 0 Å². The van der Waals surface area contributed by atoms with Gasteiger partial charge in [0.15, 0.2) is 0 Å². The van der Waals surface area contributed by atoms with Crippen molar-refractivity contribution in [3.05, 3.63) is 0 Å². The van der Waals surface area contributed by atoms with Gasteiger partial charge in [0.2, 0.25) is 10.0 Å². The van der Waals surface area contributed by atoms with Crippen LogP contribution in [-0.2, 0) is 10.0 Å². The Morgan fingerprint density at radius 1 is 1.50 bits per heavy atom. The standard InChI is InChI=1S/C9H17NO3S/c1-9(3-4-9)7-14(12,13)10-5-2-8(11)6-10/h8,11H,2-7H2,1H3. The fraction of sp³-hybridized carbons (Fsp3) is 1.00. The van der Waals surface area contributed by atoms with Crippen molar-refractivity contribution in [1.29, 1.82) is 0 Å². The second kappa shape index (κ2) is 3.18. The Bertz CT molecular complexity index is 321. The normalized spacial score (nSPS) is 32.0. The summed E-state index contributed by atoms with van der Waals surface area (Å²) in [5, 5.41) is 9.27. The molecule has 1 unspecified atom stereocenters. The molecule has 1 saturated heterocycles. The van der Waals surface area contributed by atoms with Crippen molar-refractivity contribution in [1.82, 2.24) is 4.31 Å². The molecular formula is C9H17NO3S. The van der Waals surface area contributed by atoms with Crippen molar-refractivity contribution in [3.63, 3.8) is 0 Å². The first-order valence-corrected chi connectivity index (χ1v) is 6.68. The number of hydrogen-bond acceptors (Lipinski definition) is 3. The first-order chi connectivity index (χ1) is 6.41. The van der Waals surface area contributed by atoms with Gasteiger partial charge in [0.05, 0.1) is 11.9 Å². The lowest BCUT2D eigenvalue weighted by molar-refractivity contribution is 0.189. The Morgan fingerprint density at radius 2 is 2.14 bits per heavy atom. The van der Waals surface area contributed by atoms with E-state index >= 15 is 0 Å². The SMILES string of the molecule is CC1(CS(=O)(=O)N2CCC(O)C2)CC1. The summed E-state index contributed by atoms with van der Waals surface area (Å²) in [6.07, 6.45) is 2.15. The molecular weight excluding hydrogens is 202 g/mol. The zero-order valence-electron chi connectivity index (χ0n) is 8.44. The number of sulfonamides is 1. The van der Waals surface area contributed by atoms with Crippen LogP contribution in [0.15, 0.2) is 0 Å². The third-order valence-corrected chi connectivity index (χ3v) is 5.33. The van der Waals surface area contributed by atoms with Gasteiger partial charge in [0, 0.05) is 13.1 Å². The van der Waals surface area contributed by atoms with Crippen LogP contribution in [-0.4, -0.2) is 42.8 Å². The van der Waals surface area contributed by atoms with Crippen molar-refractivity contribution >= 4 is 10.0 Å². The van der Waals surface area contributed by atoms with Crippen molar-refractivity contribution in [2.24, 2.45) is 5.41 Å². The molecule has 0 spiro atoms. The van der Waals surface area contributed by atoms with Gasteiger partial charge in [-0.05, 0) is 24.7 Å². The van der Waals surface area contributed by atoms with Crippen LogP contribution < -0.4 is 0 Å². The summed E-state index contributed by atoms with van der Waals surface area (Å²) in [5.41, 5.74) is 0.0202. The van der Waals surface area contributed by atoms with Gasteiger partial charge in [-0.25, -0.2) is 8.42 Å². The van der Waals surface area contributed by atoms with Gasteiger partial charge in [-0.15, -0.1) is 0 Å². The fourth-order valence-electron chi connectivity index (χ4n) is 1.85. The van der Waals surface area contributed by atoms with Crippen LogP contribution in [0, 0.1) is 5.41 Å². The molecule has 0 aromatic rings. The Hall–Kier alpha value is -0.130. The van der Waals surface area contributed by atoms with Crippen molar-refractivity contribution in [2.75, 3.05) is 18.8 Å². The van der Waals surface area contributed by atoms with Crippen LogP contribution in [0.25, 0.3) is 0 Å². The molecule has 2 fully saturated rings. The van der Waals surface area contributed by atoms with Crippen LogP contribution in [0.3, 0.4) is 0 Å². The molecule has 0 radical (unpaired) electrons. The van der Waals surface area contributed by atoms with Gasteiger partial charge in [0.1, 0.15) is 0 Å². The molecule has 5 heteroatoms. The van der Waals surface area contributed by atoms with Crippen LogP contribution in [0.2, 0.25) is 0 Å². The van der Waals surface area contributed by atoms with E-state index in [1.165, 1.54) is 4.31 Å². The van der Waals surface area contributed by atoms with E-state index in [0.717, 1.165) is 12.8 Å². The van der Waals surface area contributed by atoms with Gasteiger partial charge in [-0.2, -0.15) is 4.31 Å². The van der Waals surface area contributed by atoms with Gasteiger partial charge in [-0.3, -0.25) is 0 Å². The number of rotatable bonds is 3. The molecule has 2 aliphatic rings. The topological polar surface area (TPSA) is 57.6 Å². The monoisotopic (exact) mass is 219 g/mol. The molecule has 0 amide bonds. The van der Waals surface area contributed by atoms with Crippen LogP contribution in [0.5, 0.6) is 0 Å². The average molecular weight is 219 g/mol. The molecule has 2 rings (SSSR count). The van der Waals surface area contributed by atoms with E-state index < -0.39 is 16.1 Å². The molecule has 1 aliphatic heterocycles. The summed E-state index contributed by atoms with van der Waals surface area (Å²) < 4.78 is 25.1. The maximum Gasteiger partial charge on any atom is 0.214 e. The van der Waals surface area contributed by atoms with E-state index in [0.29, 0.717) is 19.5 Å². The molecule has 4 nitrogen and oxygen atoms in total. The Kier molecular flexibility index (Phi) is 2.36. The minimum atomic E-state index is -3.11. The van der Waals surface area contributed by atoms with Gasteiger partial charge < -0.3 is 5.11 Å². The van der Waals surface area contributed by atoms with Gasteiger partial charge in [0.25, 0.3) is 0 Å². The van der Waals surface area contributed by atoms with E-state index in [1.54, 1.807) is 0 Å². The van der Waals surface area contributed by atoms with Gasteiger partial charge >= 0.3 is 0 Å². The highest BCUT2D eigenvalue weighted by Gasteiger charge is 2.44. The van der Waals surface area contributed by atoms with Gasteiger partial charge in [-0.1, -0.05) is 6.92 Å². The number of aliphatic hydroxyl groups excluding tert-OH is 1. The maximum absolute atomic E-state index is 11.8. The Labute approximate surface area is 85.0 Å². The van der Waals surface area contributed by atoms with Crippen molar-refractivity contribution in [2.45, 2.75) is 32.3 Å². The number of β-amino-alcohol motifs (C(OH)–C–C–N with tert-alkyl or cyclic N) is 1. The lowest BCUT2D eigenvalue weighted by Crippen LogP contribution is -2.34. The maximum atomic E-state index is 11.8. The lowest BCUT2D eigenvalue weighted by atomic mass is 10.2. The summed E-state index contributed by atoms with van der Waals surface area (Å²) >= 11 is 0. The Morgan fingerprint density at radius 3 is 2.57 bits per heavy atom. The molecule has 0 aromatic carbocycles. The van der Waals surface area contributed by atoms with E-state index in [1.807, 2.05) is 6.92 Å². The van der Waals surface area contributed by atoms with Crippen LogP contribution >= 0.6 is 0 Å². The number of hydrogen-bond donors (Lipinski definition) is 1. The summed E-state index contributed by atoms with van der Waals surface area (Å²) in [5.74, 6) is 0.257. The quantitative estimate of drug-likeness (QED) is 0.737. The zero-order chi connectivity index (χ0) is 10.4. The molecule has 1 N–H and O–H groups in total. The number of aliphatic hydroxyl groups is 1. The largest absolute Gasteiger partial charge is 0.392 e. The summed E-state index contributed by atoms with van der Waals surface area (Å²) in [7, 11) is -3.11. The average Bonchev–Trinajstić information content (AvgIpc) is 2.61. The molecule has 1 saturated carbocycles. The van der Waals surface area contributed by atoms with Crippen molar-refractivity contribution < 1.29 is 13.5 Å². The van der Waals surface area contributed by atoms with E-state index in [4.69, 9.17) is 0 Å². The van der Waals surface area contributed by atoms with E-state index in [-0.39, 0.29) is 11.2 Å². The molecule has 0 aromatic heterocycles. The smallest absolute Gasteiger partial charge is 0.214 e. The minimum absolute atomic E-state index is 0.0202. The third kappa shape index (κ3) is 2.10. The highest BCUT2D eigenvalue weighted by atomic mass is 32.2. The molecule has 1 atom stereocenters. The summed E-state index contributed by atoms with van der Waals surface area (Å²) in [6, 6.07) is 0. The summed E-state index contributed by atoms with van der Waals surface area (Å²) in [4.78, 5) is 0. The summed E-state index contributed by atoms with van der Waals surface area (Å²) in [6.45, 7) is 2.79.